The first kappa shape index (κ1) is 19.3. The minimum absolute atomic E-state index is 0.0638. The summed E-state index contributed by atoms with van der Waals surface area (Å²) in [6.07, 6.45) is 0. The molecule has 0 amide bonds. The highest BCUT2D eigenvalue weighted by Crippen LogP contribution is 2.43. The normalized spacial score (nSPS) is 12.8. The summed E-state index contributed by atoms with van der Waals surface area (Å²) in [7, 11) is 0. The van der Waals surface area contributed by atoms with E-state index in [0.29, 0.717) is 0 Å². The van der Waals surface area contributed by atoms with Crippen LogP contribution in [0.25, 0.3) is 43.6 Å². The summed E-state index contributed by atoms with van der Waals surface area (Å²) in [5.74, 6) is 0.0638. The molecule has 2 nitrogen and oxygen atoms in total. The van der Waals surface area contributed by atoms with Gasteiger partial charge in [0.15, 0.2) is 0 Å². The second kappa shape index (κ2) is 7.61. The monoisotopic (exact) mass is 430 g/mol. The zero-order valence-corrected chi connectivity index (χ0v) is 18.6. The van der Waals surface area contributed by atoms with E-state index < -0.39 is 0 Å². The fourth-order valence-corrected chi connectivity index (χ4v) is 5.34. The SMILES string of the molecule is CC(S)C(c1c2ccccc2nc2ccccc12)c1c2ccccc2nc2ccccc12. The zero-order chi connectivity index (χ0) is 21.7. The van der Waals surface area contributed by atoms with Crippen LogP contribution in [-0.2, 0) is 0 Å². The van der Waals surface area contributed by atoms with Crippen LogP contribution in [0.15, 0.2) is 97.1 Å². The molecule has 6 rings (SSSR count). The van der Waals surface area contributed by atoms with Gasteiger partial charge in [0.2, 0.25) is 0 Å². The predicted molar refractivity (Wildman–Crippen MR) is 139 cm³/mol. The first-order valence-corrected chi connectivity index (χ1v) is 11.5. The highest BCUT2D eigenvalue weighted by molar-refractivity contribution is 7.81. The summed E-state index contributed by atoms with van der Waals surface area (Å²) < 4.78 is 0. The molecule has 0 aliphatic carbocycles. The van der Waals surface area contributed by atoms with Crippen molar-refractivity contribution in [3.63, 3.8) is 0 Å². The molecule has 0 radical (unpaired) electrons. The van der Waals surface area contributed by atoms with Crippen molar-refractivity contribution in [3.8, 4) is 0 Å². The number of benzene rings is 4. The van der Waals surface area contributed by atoms with Crippen LogP contribution in [0.3, 0.4) is 0 Å². The summed E-state index contributed by atoms with van der Waals surface area (Å²) in [6.45, 7) is 2.20. The number of thiol groups is 1. The van der Waals surface area contributed by atoms with Crippen LogP contribution in [0.2, 0.25) is 0 Å². The lowest BCUT2D eigenvalue weighted by Crippen LogP contribution is -2.14. The average molecular weight is 431 g/mol. The van der Waals surface area contributed by atoms with E-state index in [9.17, 15) is 0 Å². The summed E-state index contributed by atoms with van der Waals surface area (Å²) in [5, 5.41) is 4.81. The number of fused-ring (bicyclic) bond motifs is 4. The number of hydrogen-bond donors (Lipinski definition) is 1. The second-order valence-electron chi connectivity index (χ2n) is 8.34. The highest BCUT2D eigenvalue weighted by Gasteiger charge is 2.27. The van der Waals surface area contributed by atoms with Gasteiger partial charge in [-0.2, -0.15) is 12.6 Å². The quantitative estimate of drug-likeness (QED) is 0.232. The lowest BCUT2D eigenvalue weighted by atomic mass is 9.81. The number of pyridine rings is 2. The molecule has 154 valence electrons. The first-order valence-electron chi connectivity index (χ1n) is 11.0. The van der Waals surface area contributed by atoms with Crippen LogP contribution >= 0.6 is 12.6 Å². The molecule has 0 saturated carbocycles. The first-order chi connectivity index (χ1) is 15.7. The maximum atomic E-state index is 5.08. The molecule has 3 heteroatoms. The third-order valence-corrected chi connectivity index (χ3v) is 6.66. The molecular weight excluding hydrogens is 408 g/mol. The Morgan fingerprint density at radius 1 is 0.500 bits per heavy atom. The van der Waals surface area contributed by atoms with Gasteiger partial charge in [0, 0.05) is 32.7 Å². The molecule has 1 unspecified atom stereocenters. The maximum absolute atomic E-state index is 5.08. The molecule has 1 atom stereocenters. The molecule has 4 aromatic carbocycles. The van der Waals surface area contributed by atoms with Crippen molar-refractivity contribution in [2.45, 2.75) is 18.1 Å². The minimum atomic E-state index is 0.0638. The molecule has 0 aliphatic rings. The van der Waals surface area contributed by atoms with E-state index in [-0.39, 0.29) is 11.2 Å². The summed E-state index contributed by atoms with van der Waals surface area (Å²) in [6, 6.07) is 33.8. The maximum Gasteiger partial charge on any atom is 0.0712 e. The van der Waals surface area contributed by atoms with Crippen molar-refractivity contribution in [3.05, 3.63) is 108 Å². The van der Waals surface area contributed by atoms with Crippen molar-refractivity contribution in [1.29, 1.82) is 0 Å². The van der Waals surface area contributed by atoms with Gasteiger partial charge in [-0.05, 0) is 35.4 Å². The highest BCUT2D eigenvalue weighted by atomic mass is 32.1. The van der Waals surface area contributed by atoms with E-state index in [1.54, 1.807) is 0 Å². The molecule has 0 saturated heterocycles. The van der Waals surface area contributed by atoms with Crippen LogP contribution < -0.4 is 0 Å². The largest absolute Gasteiger partial charge is 0.248 e. The minimum Gasteiger partial charge on any atom is -0.248 e. The Morgan fingerprint density at radius 2 is 0.781 bits per heavy atom. The topological polar surface area (TPSA) is 25.8 Å². The molecule has 0 aliphatic heterocycles. The van der Waals surface area contributed by atoms with Gasteiger partial charge in [-0.25, -0.2) is 9.97 Å². The van der Waals surface area contributed by atoms with Gasteiger partial charge < -0.3 is 0 Å². The fourth-order valence-electron chi connectivity index (χ4n) is 5.04. The lowest BCUT2D eigenvalue weighted by molar-refractivity contribution is 0.825. The second-order valence-corrected chi connectivity index (χ2v) is 9.15. The third kappa shape index (κ3) is 2.96. The lowest BCUT2D eigenvalue weighted by Gasteiger charge is -2.27. The van der Waals surface area contributed by atoms with Crippen molar-refractivity contribution >= 4 is 56.2 Å². The fraction of sp³-hybridized carbons (Fsp3) is 0.103. The van der Waals surface area contributed by atoms with Crippen molar-refractivity contribution in [2.24, 2.45) is 0 Å². The number of aromatic nitrogens is 2. The van der Waals surface area contributed by atoms with Gasteiger partial charge in [0.25, 0.3) is 0 Å². The van der Waals surface area contributed by atoms with Gasteiger partial charge in [-0.3, -0.25) is 0 Å². The van der Waals surface area contributed by atoms with Gasteiger partial charge in [0.05, 0.1) is 22.1 Å². The van der Waals surface area contributed by atoms with Crippen molar-refractivity contribution < 1.29 is 0 Å². The Morgan fingerprint density at radius 3 is 1.06 bits per heavy atom. The molecule has 32 heavy (non-hydrogen) atoms. The standard InChI is InChI=1S/C29H22N2S/c1-18(32)27(28-19-10-2-6-14-23(19)30-24-15-7-3-11-20(24)28)29-21-12-4-8-16-25(21)31-26-17-9-5-13-22(26)29/h2-18,27,32H,1H3. The van der Waals surface area contributed by atoms with E-state index in [2.05, 4.69) is 104 Å². The number of hydrogen-bond acceptors (Lipinski definition) is 3. The molecule has 0 spiro atoms. The predicted octanol–water partition coefficient (Wildman–Crippen LogP) is 7.54. The summed E-state index contributed by atoms with van der Waals surface area (Å²) in [5.41, 5.74) is 6.64. The smallest absolute Gasteiger partial charge is 0.0712 e. The van der Waals surface area contributed by atoms with E-state index in [1.165, 1.54) is 32.7 Å². The molecule has 0 fully saturated rings. The van der Waals surface area contributed by atoms with Gasteiger partial charge in [-0.15, -0.1) is 0 Å². The van der Waals surface area contributed by atoms with Gasteiger partial charge in [0.1, 0.15) is 0 Å². The van der Waals surface area contributed by atoms with Crippen LogP contribution in [0.5, 0.6) is 0 Å². The number of rotatable bonds is 3. The Balaban J connectivity index is 1.83. The van der Waals surface area contributed by atoms with Crippen LogP contribution in [-0.4, -0.2) is 15.2 Å². The van der Waals surface area contributed by atoms with E-state index >= 15 is 0 Å². The van der Waals surface area contributed by atoms with Crippen LogP contribution in [0.1, 0.15) is 24.0 Å². The Kier molecular flexibility index (Phi) is 4.58. The van der Waals surface area contributed by atoms with E-state index in [4.69, 9.17) is 22.6 Å². The zero-order valence-electron chi connectivity index (χ0n) is 17.7. The number of nitrogens with zero attached hydrogens (tertiary/aromatic N) is 2. The number of para-hydroxylation sites is 4. The molecule has 6 aromatic rings. The Bertz CT molecular complexity index is 1390. The summed E-state index contributed by atoms with van der Waals surface area (Å²) in [4.78, 5) is 9.92. The van der Waals surface area contributed by atoms with E-state index in [1.807, 2.05) is 0 Å². The Labute approximate surface area is 192 Å². The molecule has 2 heterocycles. The van der Waals surface area contributed by atoms with Gasteiger partial charge in [-0.1, -0.05) is 79.7 Å². The van der Waals surface area contributed by atoms with E-state index in [0.717, 1.165) is 22.1 Å². The molecular formula is C29H22N2S. The third-order valence-electron chi connectivity index (χ3n) is 6.36. The van der Waals surface area contributed by atoms with Crippen molar-refractivity contribution in [2.75, 3.05) is 0 Å². The Hall–Kier alpha value is -3.43. The summed E-state index contributed by atoms with van der Waals surface area (Å²) >= 11 is 5.08. The molecule has 2 aromatic heterocycles. The van der Waals surface area contributed by atoms with Crippen molar-refractivity contribution in [1.82, 2.24) is 9.97 Å². The average Bonchev–Trinajstić information content (AvgIpc) is 2.83. The molecule has 0 N–H and O–H groups in total. The van der Waals surface area contributed by atoms with Gasteiger partial charge >= 0.3 is 0 Å². The van der Waals surface area contributed by atoms with Crippen LogP contribution in [0, 0.1) is 0 Å². The van der Waals surface area contributed by atoms with Crippen LogP contribution in [0.4, 0.5) is 0 Å². The molecule has 0 bridgehead atoms.